The summed E-state index contributed by atoms with van der Waals surface area (Å²) in [5, 5.41) is 5.27. The fraction of sp³-hybridized carbons (Fsp3) is 0.0769. The minimum absolute atomic E-state index is 0.174. The Morgan fingerprint density at radius 2 is 1.69 bits per heavy atom. The van der Waals surface area contributed by atoms with Gasteiger partial charge in [-0.15, -0.1) is 11.8 Å². The second-order valence-electron chi connectivity index (χ2n) is 7.30. The molecule has 0 radical (unpaired) electrons. The number of hydrogen-bond acceptors (Lipinski definition) is 5. The highest BCUT2D eigenvalue weighted by molar-refractivity contribution is 7.98. The summed E-state index contributed by atoms with van der Waals surface area (Å²) in [6.07, 6.45) is 1.44. The summed E-state index contributed by atoms with van der Waals surface area (Å²) in [6.45, 7) is 0.287. The molecule has 0 aliphatic heterocycles. The number of halogens is 3. The molecule has 1 aromatic heterocycles. The quantitative estimate of drug-likeness (QED) is 0.132. The lowest BCUT2D eigenvalue weighted by Gasteiger charge is -2.11. The Morgan fingerprint density at radius 1 is 0.971 bits per heavy atom. The van der Waals surface area contributed by atoms with Crippen molar-refractivity contribution in [2.24, 2.45) is 5.10 Å². The highest BCUT2D eigenvalue weighted by atomic mass is 35.5. The molecule has 4 rings (SSSR count). The number of hydrazone groups is 1. The van der Waals surface area contributed by atoms with E-state index >= 15 is 0 Å². The van der Waals surface area contributed by atoms with Crippen molar-refractivity contribution < 1.29 is 13.9 Å². The molecule has 0 spiro atoms. The van der Waals surface area contributed by atoms with Gasteiger partial charge < -0.3 is 9.15 Å². The molecule has 9 heteroatoms. The molecule has 1 heterocycles. The largest absolute Gasteiger partial charge is 0.486 e. The number of hydrogen-bond donors (Lipinski definition) is 1. The summed E-state index contributed by atoms with van der Waals surface area (Å²) < 4.78 is 11.4. The average molecular weight is 546 g/mol. The average Bonchev–Trinajstić information content (AvgIpc) is 3.33. The van der Waals surface area contributed by atoms with Gasteiger partial charge in [0.25, 0.3) is 0 Å². The predicted molar refractivity (Wildman–Crippen MR) is 142 cm³/mol. The van der Waals surface area contributed by atoms with Gasteiger partial charge in [-0.1, -0.05) is 65.1 Å². The van der Waals surface area contributed by atoms with Gasteiger partial charge in [-0.25, -0.2) is 5.43 Å². The molecule has 0 saturated heterocycles. The number of thioether (sulfide) groups is 1. The number of benzene rings is 3. The van der Waals surface area contributed by atoms with Gasteiger partial charge in [0.1, 0.15) is 12.4 Å². The zero-order valence-electron chi connectivity index (χ0n) is 18.2. The van der Waals surface area contributed by atoms with Crippen molar-refractivity contribution in [3.05, 3.63) is 117 Å². The fourth-order valence-corrected chi connectivity index (χ4v) is 4.55. The van der Waals surface area contributed by atoms with E-state index in [1.165, 1.54) is 6.21 Å². The first-order valence-electron chi connectivity index (χ1n) is 10.4. The number of carbonyl (C=O) groups excluding carboxylic acids is 1. The van der Waals surface area contributed by atoms with E-state index in [2.05, 4.69) is 10.5 Å². The van der Waals surface area contributed by atoms with E-state index < -0.39 is 5.91 Å². The lowest BCUT2D eigenvalue weighted by atomic mass is 10.2. The van der Waals surface area contributed by atoms with E-state index in [9.17, 15) is 4.79 Å². The van der Waals surface area contributed by atoms with Crippen molar-refractivity contribution in [2.45, 2.75) is 17.3 Å². The van der Waals surface area contributed by atoms with Crippen LogP contribution in [0.25, 0.3) is 0 Å². The van der Waals surface area contributed by atoms with Crippen LogP contribution < -0.4 is 10.2 Å². The Labute approximate surface area is 222 Å². The van der Waals surface area contributed by atoms with Gasteiger partial charge in [-0.05, 0) is 59.7 Å². The first-order chi connectivity index (χ1) is 17.0. The van der Waals surface area contributed by atoms with Crippen molar-refractivity contribution >= 4 is 58.7 Å². The maximum atomic E-state index is 12.3. The number of rotatable bonds is 9. The molecule has 35 heavy (non-hydrogen) atoms. The SMILES string of the molecule is O=C(N/N=C/c1cc(Cl)c(OCc2ccc(Cl)cc2)c(Cl)c1)c1ccc(CSc2ccccc2)o1. The third-order valence-corrected chi connectivity index (χ3v) is 6.55. The van der Waals surface area contributed by atoms with E-state index in [0.717, 1.165) is 10.5 Å². The molecule has 5 nitrogen and oxygen atoms in total. The number of nitrogens with one attached hydrogen (secondary N) is 1. The molecule has 1 amide bonds. The first kappa shape index (κ1) is 25.2. The van der Waals surface area contributed by atoms with Crippen LogP contribution in [0.1, 0.15) is 27.4 Å². The standard InChI is InChI=1S/C26H19Cl3N2O3S/c27-19-8-6-17(7-9-19)15-33-25-22(28)12-18(13-23(25)29)14-30-31-26(32)24-11-10-20(34-24)16-35-21-4-2-1-3-5-21/h1-14H,15-16H2,(H,31,32)/b30-14+. The van der Waals surface area contributed by atoms with E-state index in [1.807, 2.05) is 42.5 Å². The molecule has 0 saturated carbocycles. The van der Waals surface area contributed by atoms with Gasteiger partial charge >= 0.3 is 5.91 Å². The lowest BCUT2D eigenvalue weighted by Crippen LogP contribution is -2.16. The molecule has 0 aliphatic rings. The van der Waals surface area contributed by atoms with Crippen LogP contribution in [0.4, 0.5) is 0 Å². The van der Waals surface area contributed by atoms with Crippen LogP contribution in [0.2, 0.25) is 15.1 Å². The normalized spacial score (nSPS) is 11.1. The Hall–Kier alpha value is -2.90. The van der Waals surface area contributed by atoms with Crippen molar-refractivity contribution in [3.8, 4) is 5.75 Å². The van der Waals surface area contributed by atoms with Gasteiger partial charge in [-0.3, -0.25) is 4.79 Å². The lowest BCUT2D eigenvalue weighted by molar-refractivity contribution is 0.0926. The summed E-state index contributed by atoms with van der Waals surface area (Å²) in [6, 6.07) is 23.9. The molecule has 4 aromatic rings. The van der Waals surface area contributed by atoms with Crippen LogP contribution in [0.15, 0.2) is 93.3 Å². The first-order valence-corrected chi connectivity index (χ1v) is 12.6. The molecule has 0 unspecified atom stereocenters. The number of carbonyl (C=O) groups is 1. The molecular weight excluding hydrogens is 527 g/mol. The van der Waals surface area contributed by atoms with Crippen LogP contribution in [-0.4, -0.2) is 12.1 Å². The van der Waals surface area contributed by atoms with Crippen LogP contribution in [0.5, 0.6) is 5.75 Å². The van der Waals surface area contributed by atoms with Crippen molar-refractivity contribution in [2.75, 3.05) is 0 Å². The van der Waals surface area contributed by atoms with E-state index in [0.29, 0.717) is 37.9 Å². The molecule has 0 aliphatic carbocycles. The summed E-state index contributed by atoms with van der Waals surface area (Å²) in [7, 11) is 0. The van der Waals surface area contributed by atoms with Crippen LogP contribution in [0, 0.1) is 0 Å². The highest BCUT2D eigenvalue weighted by Crippen LogP contribution is 2.34. The van der Waals surface area contributed by atoms with Gasteiger partial charge in [0.15, 0.2) is 11.5 Å². The third kappa shape index (κ3) is 7.29. The molecule has 1 N–H and O–H groups in total. The second-order valence-corrected chi connectivity index (χ2v) is 9.60. The smallest absolute Gasteiger partial charge is 0.307 e. The molecule has 0 fully saturated rings. The number of furan rings is 1. The Kier molecular flexibility index (Phi) is 8.77. The summed E-state index contributed by atoms with van der Waals surface area (Å²) in [5.41, 5.74) is 3.96. The van der Waals surface area contributed by atoms with E-state index in [4.69, 9.17) is 44.0 Å². The molecule has 0 atom stereocenters. The minimum atomic E-state index is -0.461. The number of ether oxygens (including phenoxy) is 1. The molecule has 178 valence electrons. The minimum Gasteiger partial charge on any atom is -0.486 e. The fourth-order valence-electron chi connectivity index (χ4n) is 3.00. The molecule has 0 bridgehead atoms. The van der Waals surface area contributed by atoms with E-state index in [-0.39, 0.29) is 12.4 Å². The predicted octanol–water partition coefficient (Wildman–Crippen LogP) is 7.88. The maximum Gasteiger partial charge on any atom is 0.307 e. The highest BCUT2D eigenvalue weighted by Gasteiger charge is 2.12. The summed E-state index contributed by atoms with van der Waals surface area (Å²) in [4.78, 5) is 13.5. The van der Waals surface area contributed by atoms with Crippen molar-refractivity contribution in [1.82, 2.24) is 5.43 Å². The summed E-state index contributed by atoms with van der Waals surface area (Å²) in [5.74, 6) is 1.39. The topological polar surface area (TPSA) is 63.8 Å². The Morgan fingerprint density at radius 3 is 2.40 bits per heavy atom. The summed E-state index contributed by atoms with van der Waals surface area (Å²) >= 11 is 20.2. The third-order valence-electron chi connectivity index (χ3n) is 4.71. The second kappa shape index (κ2) is 12.2. The van der Waals surface area contributed by atoms with Gasteiger partial charge in [-0.2, -0.15) is 5.10 Å². The Balaban J connectivity index is 1.31. The van der Waals surface area contributed by atoms with Gasteiger partial charge in [0.2, 0.25) is 0 Å². The van der Waals surface area contributed by atoms with Crippen molar-refractivity contribution in [3.63, 3.8) is 0 Å². The zero-order valence-corrected chi connectivity index (χ0v) is 21.3. The van der Waals surface area contributed by atoms with Gasteiger partial charge in [0, 0.05) is 9.92 Å². The molecular formula is C26H19Cl3N2O3S. The van der Waals surface area contributed by atoms with E-state index in [1.54, 1.807) is 48.2 Å². The monoisotopic (exact) mass is 544 g/mol. The number of amides is 1. The van der Waals surface area contributed by atoms with Crippen LogP contribution in [0.3, 0.4) is 0 Å². The Bertz CT molecular complexity index is 1300. The zero-order chi connectivity index (χ0) is 24.6. The van der Waals surface area contributed by atoms with Gasteiger partial charge in [0.05, 0.1) is 22.0 Å². The molecule has 3 aromatic carbocycles. The van der Waals surface area contributed by atoms with Crippen LogP contribution in [-0.2, 0) is 12.4 Å². The maximum absolute atomic E-state index is 12.3. The number of nitrogens with zero attached hydrogens (tertiary/aromatic N) is 1. The van der Waals surface area contributed by atoms with Crippen LogP contribution >= 0.6 is 46.6 Å². The van der Waals surface area contributed by atoms with Crippen molar-refractivity contribution in [1.29, 1.82) is 0 Å².